The van der Waals surface area contributed by atoms with Gasteiger partial charge in [-0.15, -0.1) is 0 Å². The van der Waals surface area contributed by atoms with E-state index in [1.54, 1.807) is 7.11 Å². The zero-order chi connectivity index (χ0) is 12.1. The molecule has 0 aromatic heterocycles. The van der Waals surface area contributed by atoms with Crippen LogP contribution >= 0.6 is 0 Å². The lowest BCUT2D eigenvalue weighted by molar-refractivity contribution is 0.000403. The van der Waals surface area contributed by atoms with Crippen molar-refractivity contribution in [1.82, 2.24) is 5.32 Å². The summed E-state index contributed by atoms with van der Waals surface area (Å²) in [5.41, 5.74) is 1.47. The maximum Gasteiger partial charge on any atom is 0.0808 e. The number of nitrogens with one attached hydrogen (secondary N) is 1. The third kappa shape index (κ3) is 5.33. The van der Waals surface area contributed by atoms with Gasteiger partial charge in [0.25, 0.3) is 0 Å². The fourth-order valence-electron chi connectivity index (χ4n) is 1.89. The summed E-state index contributed by atoms with van der Waals surface area (Å²) in [6.45, 7) is 14.0. The molecule has 15 heavy (non-hydrogen) atoms. The van der Waals surface area contributed by atoms with Crippen molar-refractivity contribution in [3.8, 4) is 0 Å². The highest BCUT2D eigenvalue weighted by molar-refractivity contribution is 5.06. The van der Waals surface area contributed by atoms with E-state index in [9.17, 15) is 0 Å². The van der Waals surface area contributed by atoms with Crippen LogP contribution in [0.2, 0.25) is 0 Å². The fourth-order valence-corrected chi connectivity index (χ4v) is 1.89. The predicted molar refractivity (Wildman–Crippen MR) is 67.1 cm³/mol. The highest BCUT2D eigenvalue weighted by Crippen LogP contribution is 2.25. The van der Waals surface area contributed by atoms with Crippen molar-refractivity contribution in [1.29, 1.82) is 0 Å². The molecule has 2 nitrogen and oxygen atoms in total. The molecule has 0 saturated heterocycles. The number of methoxy groups -OCH3 is 1. The average molecular weight is 213 g/mol. The number of allylic oxidation sites excluding steroid dienone is 1. The van der Waals surface area contributed by atoms with Gasteiger partial charge in [-0.3, -0.25) is 0 Å². The largest absolute Gasteiger partial charge is 0.379 e. The second-order valence-electron chi connectivity index (χ2n) is 5.35. The van der Waals surface area contributed by atoms with Crippen LogP contribution in [0.15, 0.2) is 11.6 Å². The molecular weight excluding hydrogens is 186 g/mol. The molecule has 0 aliphatic rings. The first-order valence-electron chi connectivity index (χ1n) is 5.74. The van der Waals surface area contributed by atoms with Crippen LogP contribution in [0.1, 0.15) is 41.5 Å². The van der Waals surface area contributed by atoms with Gasteiger partial charge < -0.3 is 10.1 Å². The van der Waals surface area contributed by atoms with Crippen molar-refractivity contribution in [2.24, 2.45) is 5.41 Å². The van der Waals surface area contributed by atoms with Crippen LogP contribution < -0.4 is 5.32 Å². The van der Waals surface area contributed by atoms with Gasteiger partial charge in [0.2, 0.25) is 0 Å². The van der Waals surface area contributed by atoms with Crippen molar-refractivity contribution >= 4 is 0 Å². The Morgan fingerprint density at radius 1 is 1.33 bits per heavy atom. The van der Waals surface area contributed by atoms with Crippen LogP contribution in [0.5, 0.6) is 0 Å². The number of hydrogen-bond acceptors (Lipinski definition) is 2. The number of likely N-dealkylation sites (N-methyl/N-ethyl adjacent to an activating group) is 1. The van der Waals surface area contributed by atoms with E-state index in [2.05, 4.69) is 52.9 Å². The van der Waals surface area contributed by atoms with Crippen LogP contribution in [0.3, 0.4) is 0 Å². The summed E-state index contributed by atoms with van der Waals surface area (Å²) in [5, 5.41) is 3.47. The summed E-state index contributed by atoms with van der Waals surface area (Å²) < 4.78 is 5.62. The number of rotatable bonds is 5. The molecular formula is C13H27NO. The Bertz CT molecular complexity index is 199. The van der Waals surface area contributed by atoms with Gasteiger partial charge in [0.05, 0.1) is 12.1 Å². The molecule has 0 fully saturated rings. The van der Waals surface area contributed by atoms with Gasteiger partial charge in [-0.25, -0.2) is 0 Å². The maximum atomic E-state index is 5.62. The van der Waals surface area contributed by atoms with E-state index in [-0.39, 0.29) is 11.5 Å². The minimum absolute atomic E-state index is 0.146. The lowest BCUT2D eigenvalue weighted by Gasteiger charge is -2.35. The minimum Gasteiger partial charge on any atom is -0.379 e. The molecule has 0 aliphatic heterocycles. The Labute approximate surface area is 95.1 Å². The van der Waals surface area contributed by atoms with Gasteiger partial charge in [-0.05, 0) is 25.8 Å². The Hall–Kier alpha value is -0.340. The van der Waals surface area contributed by atoms with Gasteiger partial charge >= 0.3 is 0 Å². The van der Waals surface area contributed by atoms with Gasteiger partial charge in [-0.1, -0.05) is 39.3 Å². The first-order chi connectivity index (χ1) is 6.82. The van der Waals surface area contributed by atoms with E-state index in [0.29, 0.717) is 6.04 Å². The zero-order valence-electron chi connectivity index (χ0n) is 11.3. The number of ether oxygens (including phenoxy) is 1. The molecule has 0 rings (SSSR count). The molecule has 0 aliphatic carbocycles. The number of hydrogen-bond donors (Lipinski definition) is 1. The van der Waals surface area contributed by atoms with Crippen LogP contribution in [-0.4, -0.2) is 25.8 Å². The molecule has 0 spiro atoms. The predicted octanol–water partition coefficient (Wildman–Crippen LogP) is 2.99. The van der Waals surface area contributed by atoms with Gasteiger partial charge in [0, 0.05) is 7.11 Å². The average Bonchev–Trinajstić information content (AvgIpc) is 2.01. The van der Waals surface area contributed by atoms with E-state index in [0.717, 1.165) is 6.54 Å². The summed E-state index contributed by atoms with van der Waals surface area (Å²) in [5.74, 6) is 0. The second kappa shape index (κ2) is 6.29. The Morgan fingerprint density at radius 3 is 2.13 bits per heavy atom. The molecule has 90 valence electrons. The van der Waals surface area contributed by atoms with Crippen molar-refractivity contribution in [3.63, 3.8) is 0 Å². The third-order valence-corrected chi connectivity index (χ3v) is 2.39. The van der Waals surface area contributed by atoms with E-state index in [1.165, 1.54) is 5.57 Å². The van der Waals surface area contributed by atoms with Crippen LogP contribution in [0.25, 0.3) is 0 Å². The summed E-state index contributed by atoms with van der Waals surface area (Å²) in [6.07, 6.45) is 2.45. The summed E-state index contributed by atoms with van der Waals surface area (Å²) in [6, 6.07) is 0.296. The normalized spacial score (nSPS) is 15.9. The fraction of sp³-hybridized carbons (Fsp3) is 0.846. The van der Waals surface area contributed by atoms with Gasteiger partial charge in [0.1, 0.15) is 0 Å². The Balaban J connectivity index is 4.78. The SMILES string of the molecule is CCNC(C=C(C)C)C(OC)C(C)(C)C. The molecule has 0 bridgehead atoms. The lowest BCUT2D eigenvalue weighted by Crippen LogP contribution is -2.46. The molecule has 2 heteroatoms. The minimum atomic E-state index is 0.146. The van der Waals surface area contributed by atoms with Crippen molar-refractivity contribution in [2.45, 2.75) is 53.7 Å². The van der Waals surface area contributed by atoms with Crippen molar-refractivity contribution < 1.29 is 4.74 Å². The molecule has 2 atom stereocenters. The highest BCUT2D eigenvalue weighted by atomic mass is 16.5. The first-order valence-corrected chi connectivity index (χ1v) is 5.74. The third-order valence-electron chi connectivity index (χ3n) is 2.39. The molecule has 0 radical (unpaired) electrons. The monoisotopic (exact) mass is 213 g/mol. The zero-order valence-corrected chi connectivity index (χ0v) is 11.3. The van der Waals surface area contributed by atoms with E-state index >= 15 is 0 Å². The molecule has 0 amide bonds. The van der Waals surface area contributed by atoms with Crippen LogP contribution in [0, 0.1) is 5.41 Å². The summed E-state index contributed by atoms with van der Waals surface area (Å²) in [4.78, 5) is 0. The molecule has 1 N–H and O–H groups in total. The van der Waals surface area contributed by atoms with Crippen LogP contribution in [0.4, 0.5) is 0 Å². The topological polar surface area (TPSA) is 21.3 Å². The second-order valence-corrected chi connectivity index (χ2v) is 5.35. The molecule has 0 aromatic carbocycles. The quantitative estimate of drug-likeness (QED) is 0.709. The van der Waals surface area contributed by atoms with Crippen molar-refractivity contribution in [3.05, 3.63) is 11.6 Å². The van der Waals surface area contributed by atoms with E-state index in [1.807, 2.05) is 0 Å². The standard InChI is InChI=1S/C13H27NO/c1-8-14-11(9-10(2)3)12(15-7)13(4,5)6/h9,11-12,14H,8H2,1-7H3. The van der Waals surface area contributed by atoms with Crippen molar-refractivity contribution in [2.75, 3.05) is 13.7 Å². The van der Waals surface area contributed by atoms with E-state index in [4.69, 9.17) is 4.74 Å². The molecule has 2 unspecified atom stereocenters. The summed E-state index contributed by atoms with van der Waals surface area (Å²) in [7, 11) is 1.79. The van der Waals surface area contributed by atoms with E-state index < -0.39 is 0 Å². The van der Waals surface area contributed by atoms with Gasteiger partial charge in [-0.2, -0.15) is 0 Å². The Morgan fingerprint density at radius 2 is 1.87 bits per heavy atom. The smallest absolute Gasteiger partial charge is 0.0808 e. The first kappa shape index (κ1) is 14.7. The lowest BCUT2D eigenvalue weighted by atomic mass is 9.84. The maximum absolute atomic E-state index is 5.62. The Kier molecular flexibility index (Phi) is 6.15. The summed E-state index contributed by atoms with van der Waals surface area (Å²) >= 11 is 0. The molecule has 0 saturated carbocycles. The molecule has 0 aromatic rings. The van der Waals surface area contributed by atoms with Gasteiger partial charge in [0.15, 0.2) is 0 Å². The van der Waals surface area contributed by atoms with Crippen LogP contribution in [-0.2, 0) is 4.74 Å². The highest BCUT2D eigenvalue weighted by Gasteiger charge is 2.30. The molecule has 0 heterocycles.